The Morgan fingerprint density at radius 2 is 1.80 bits per heavy atom. The van der Waals surface area contributed by atoms with Crippen molar-refractivity contribution in [3.8, 4) is 0 Å². The number of hydrogen-bond donors (Lipinski definition) is 1. The van der Waals surface area contributed by atoms with Crippen LogP contribution < -0.4 is 5.32 Å². The molecule has 2 aliphatic rings. The van der Waals surface area contributed by atoms with Gasteiger partial charge >= 0.3 is 0 Å². The summed E-state index contributed by atoms with van der Waals surface area (Å²) in [6.07, 6.45) is 18.3. The second kappa shape index (κ2) is 5.67. The molecule has 0 bridgehead atoms. The summed E-state index contributed by atoms with van der Waals surface area (Å²) in [5.74, 6) is 0. The first kappa shape index (κ1) is 15.7. The van der Waals surface area contributed by atoms with E-state index < -0.39 is 0 Å². The number of hydrogen-bond acceptors (Lipinski definition) is 4. The van der Waals surface area contributed by atoms with Crippen molar-refractivity contribution in [2.24, 2.45) is 0 Å². The van der Waals surface area contributed by atoms with Crippen LogP contribution in [0.25, 0.3) is 39.3 Å². The van der Waals surface area contributed by atoms with Crippen LogP contribution in [0.3, 0.4) is 0 Å². The Bertz CT molecular complexity index is 1630. The lowest BCUT2D eigenvalue weighted by atomic mass is 9.97. The lowest BCUT2D eigenvalue weighted by Gasteiger charge is -2.26. The Labute approximate surface area is 171 Å². The molecule has 5 aromatic rings. The van der Waals surface area contributed by atoms with E-state index in [2.05, 4.69) is 56.6 Å². The van der Waals surface area contributed by atoms with Crippen LogP contribution in [-0.4, -0.2) is 29.8 Å². The first-order valence-corrected chi connectivity index (χ1v) is 9.92. The van der Waals surface area contributed by atoms with E-state index in [0.29, 0.717) is 0 Å². The third-order valence-corrected chi connectivity index (χ3v) is 5.86. The number of anilines is 1. The standard InChI is InChI=1S/C24H16N6/c1-3-7-17-15(5-1)13-19-21(27-17)23-25-10-12-30(23)20-14-16-6-2-4-8-18(16)28-22(20)24-26-9-11-29(19)24/h1-14,17,27H. The van der Waals surface area contributed by atoms with Crippen LogP contribution >= 0.6 is 0 Å². The molecular weight excluding hydrogens is 372 g/mol. The number of nitrogens with one attached hydrogen (secondary N) is 1. The van der Waals surface area contributed by atoms with Gasteiger partial charge in [-0.15, -0.1) is 0 Å². The molecule has 6 nitrogen and oxygen atoms in total. The van der Waals surface area contributed by atoms with Crippen LogP contribution in [0.2, 0.25) is 0 Å². The molecule has 4 aromatic heterocycles. The minimum absolute atomic E-state index is 0.125. The normalized spacial score (nSPS) is 17.2. The molecule has 0 saturated carbocycles. The van der Waals surface area contributed by atoms with Gasteiger partial charge in [0, 0.05) is 30.2 Å². The van der Waals surface area contributed by atoms with Crippen molar-refractivity contribution >= 4 is 45.0 Å². The predicted octanol–water partition coefficient (Wildman–Crippen LogP) is 4.55. The Morgan fingerprint density at radius 1 is 0.933 bits per heavy atom. The maximum atomic E-state index is 5.01. The van der Waals surface area contributed by atoms with E-state index >= 15 is 0 Å². The largest absolute Gasteiger partial charge is 0.370 e. The summed E-state index contributed by atoms with van der Waals surface area (Å²) in [5.41, 5.74) is 7.63. The SMILES string of the molecule is C1=CC2=Cc3c(c4nccn4c4cc5ccccc5nc4c4nccn34)NC2C=C1. The maximum Gasteiger partial charge on any atom is 0.165 e. The predicted molar refractivity (Wildman–Crippen MR) is 119 cm³/mol. The van der Waals surface area contributed by atoms with E-state index in [1.165, 1.54) is 5.57 Å². The van der Waals surface area contributed by atoms with Crippen LogP contribution in [0.1, 0.15) is 5.69 Å². The van der Waals surface area contributed by atoms with Gasteiger partial charge in [-0.25, -0.2) is 15.0 Å². The molecule has 1 unspecified atom stereocenters. The Morgan fingerprint density at radius 3 is 2.77 bits per heavy atom. The van der Waals surface area contributed by atoms with Crippen molar-refractivity contribution in [1.29, 1.82) is 0 Å². The first-order chi connectivity index (χ1) is 14.9. The Balaban J connectivity index is 1.76. The molecule has 1 N–H and O–H groups in total. The summed E-state index contributed by atoms with van der Waals surface area (Å²) in [6.45, 7) is 0. The lowest BCUT2D eigenvalue weighted by Crippen LogP contribution is -2.24. The van der Waals surface area contributed by atoms with E-state index in [9.17, 15) is 0 Å². The van der Waals surface area contributed by atoms with Gasteiger partial charge in [0.05, 0.1) is 22.8 Å². The monoisotopic (exact) mass is 388 g/mol. The number of fused-ring (bicyclic) bond motifs is 10. The highest BCUT2D eigenvalue weighted by atomic mass is 15.1. The van der Waals surface area contributed by atoms with Crippen molar-refractivity contribution < 1.29 is 0 Å². The van der Waals surface area contributed by atoms with E-state index in [-0.39, 0.29) is 6.04 Å². The molecule has 1 aliphatic carbocycles. The molecule has 0 amide bonds. The second-order valence-electron chi connectivity index (χ2n) is 7.56. The third kappa shape index (κ3) is 2.05. The van der Waals surface area contributed by atoms with Crippen LogP contribution in [0.5, 0.6) is 0 Å². The molecule has 142 valence electrons. The fraction of sp³-hybridized carbons (Fsp3) is 0.0417. The van der Waals surface area contributed by atoms with Crippen molar-refractivity contribution in [3.63, 3.8) is 0 Å². The number of para-hydroxylation sites is 1. The zero-order valence-electron chi connectivity index (χ0n) is 15.9. The first-order valence-electron chi connectivity index (χ1n) is 9.92. The van der Waals surface area contributed by atoms with Crippen molar-refractivity contribution in [2.45, 2.75) is 6.04 Å². The summed E-state index contributed by atoms with van der Waals surface area (Å²) in [4.78, 5) is 14.4. The van der Waals surface area contributed by atoms with Gasteiger partial charge in [0.25, 0.3) is 0 Å². The van der Waals surface area contributed by atoms with Crippen molar-refractivity contribution in [2.75, 3.05) is 5.32 Å². The number of rotatable bonds is 0. The highest BCUT2D eigenvalue weighted by molar-refractivity contribution is 5.99. The van der Waals surface area contributed by atoms with Gasteiger partial charge in [-0.3, -0.25) is 8.80 Å². The summed E-state index contributed by atoms with van der Waals surface area (Å²) in [5, 5.41) is 4.77. The highest BCUT2D eigenvalue weighted by Gasteiger charge is 2.23. The zero-order chi connectivity index (χ0) is 19.7. The van der Waals surface area contributed by atoms with Gasteiger partial charge in [-0.05, 0) is 23.8 Å². The van der Waals surface area contributed by atoms with Crippen molar-refractivity contribution in [1.82, 2.24) is 23.8 Å². The van der Waals surface area contributed by atoms with E-state index in [0.717, 1.165) is 44.6 Å². The minimum Gasteiger partial charge on any atom is -0.370 e. The molecule has 0 spiro atoms. The molecule has 0 saturated heterocycles. The average Bonchev–Trinajstić information content (AvgIpc) is 3.46. The lowest BCUT2D eigenvalue weighted by molar-refractivity contribution is 1.01. The zero-order valence-corrected chi connectivity index (χ0v) is 15.9. The van der Waals surface area contributed by atoms with Crippen LogP contribution in [0.4, 0.5) is 5.69 Å². The van der Waals surface area contributed by atoms with Gasteiger partial charge in [0.1, 0.15) is 11.2 Å². The van der Waals surface area contributed by atoms with Crippen LogP contribution in [-0.2, 0) is 0 Å². The third-order valence-electron chi connectivity index (χ3n) is 5.86. The van der Waals surface area contributed by atoms with Crippen LogP contribution in [0.15, 0.2) is 85.0 Å². The molecule has 30 heavy (non-hydrogen) atoms. The smallest absolute Gasteiger partial charge is 0.165 e. The quantitative estimate of drug-likeness (QED) is 0.423. The maximum absolute atomic E-state index is 5.01. The molecule has 1 aromatic carbocycles. The number of nitrogens with zero attached hydrogens (tertiary/aromatic N) is 5. The summed E-state index contributed by atoms with van der Waals surface area (Å²) < 4.78 is 4.22. The van der Waals surface area contributed by atoms with E-state index in [4.69, 9.17) is 15.0 Å². The Hall–Kier alpha value is -4.19. The molecule has 6 heteroatoms. The van der Waals surface area contributed by atoms with Gasteiger partial charge < -0.3 is 5.32 Å². The number of pyridine rings is 1. The fourth-order valence-electron chi connectivity index (χ4n) is 4.46. The van der Waals surface area contributed by atoms with Gasteiger partial charge in [-0.2, -0.15) is 0 Å². The molecule has 1 atom stereocenters. The number of aromatic nitrogens is 5. The van der Waals surface area contributed by atoms with E-state index in [1.54, 1.807) is 0 Å². The molecule has 0 radical (unpaired) electrons. The number of imidazole rings is 2. The highest BCUT2D eigenvalue weighted by Crippen LogP contribution is 2.34. The average molecular weight is 388 g/mol. The number of benzene rings is 1. The van der Waals surface area contributed by atoms with E-state index in [1.807, 2.05) is 43.0 Å². The molecule has 0 fully saturated rings. The molecule has 5 heterocycles. The van der Waals surface area contributed by atoms with Crippen molar-refractivity contribution in [3.05, 3.63) is 90.7 Å². The summed E-state index contributed by atoms with van der Waals surface area (Å²) in [7, 11) is 0. The topological polar surface area (TPSA) is 59.5 Å². The van der Waals surface area contributed by atoms with Crippen LogP contribution in [0, 0.1) is 0 Å². The molecule has 1 aliphatic heterocycles. The van der Waals surface area contributed by atoms with Gasteiger partial charge in [0.15, 0.2) is 11.3 Å². The van der Waals surface area contributed by atoms with Gasteiger partial charge in [0.2, 0.25) is 0 Å². The minimum atomic E-state index is 0.125. The summed E-state index contributed by atoms with van der Waals surface area (Å²) in [6, 6.07) is 10.5. The Kier molecular flexibility index (Phi) is 2.97. The number of allylic oxidation sites excluding steroid dienone is 2. The fourth-order valence-corrected chi connectivity index (χ4v) is 4.46. The molecule has 7 rings (SSSR count). The molecular formula is C24H16N6. The second-order valence-corrected chi connectivity index (χ2v) is 7.56. The van der Waals surface area contributed by atoms with Gasteiger partial charge in [-0.1, -0.05) is 42.5 Å². The summed E-state index contributed by atoms with van der Waals surface area (Å²) >= 11 is 0.